The van der Waals surface area contributed by atoms with E-state index in [2.05, 4.69) is 55.4 Å². The normalized spacial score (nSPS) is 10.9. The van der Waals surface area contributed by atoms with Gasteiger partial charge in [0.15, 0.2) is 0 Å². The summed E-state index contributed by atoms with van der Waals surface area (Å²) in [5.74, 6) is 1.42. The predicted octanol–water partition coefficient (Wildman–Crippen LogP) is 5.75. The molecule has 0 atom stereocenters. The smallest absolute Gasteiger partial charge is 0.231 e. The zero-order valence-electron chi connectivity index (χ0n) is 15.3. The second-order valence-corrected chi connectivity index (χ2v) is 7.43. The predicted molar refractivity (Wildman–Crippen MR) is 118 cm³/mol. The van der Waals surface area contributed by atoms with Gasteiger partial charge in [0.25, 0.3) is 0 Å². The van der Waals surface area contributed by atoms with Crippen molar-refractivity contribution >= 4 is 15.9 Å². The Morgan fingerprint density at radius 1 is 0.724 bits per heavy atom. The molecule has 0 spiro atoms. The highest BCUT2D eigenvalue weighted by Crippen LogP contribution is 2.37. The lowest BCUT2D eigenvalue weighted by Crippen LogP contribution is -2.02. The van der Waals surface area contributed by atoms with Gasteiger partial charge in [-0.05, 0) is 12.1 Å². The highest BCUT2D eigenvalue weighted by molar-refractivity contribution is 9.10. The average molecular weight is 442 g/mol. The molecule has 0 radical (unpaired) electrons. The van der Waals surface area contributed by atoms with Crippen LogP contribution in [0.5, 0.6) is 0 Å². The van der Waals surface area contributed by atoms with Crippen molar-refractivity contribution in [1.82, 2.24) is 24.7 Å². The molecule has 2 aromatic heterocycles. The lowest BCUT2D eigenvalue weighted by molar-refractivity contribution is 0.944. The Bertz CT molecular complexity index is 1230. The molecular formula is C23H16BrN5. The minimum Gasteiger partial charge on any atom is -0.260 e. The van der Waals surface area contributed by atoms with Crippen LogP contribution < -0.4 is 0 Å². The molecule has 0 aliphatic heterocycles. The largest absolute Gasteiger partial charge is 0.260 e. The van der Waals surface area contributed by atoms with E-state index in [0.717, 1.165) is 38.4 Å². The second-order valence-electron chi connectivity index (χ2n) is 6.52. The molecule has 0 amide bonds. The standard InChI is InChI=1S/C23H16BrN5/c24-19-13-11-18(12-14-19)22-27-20(16-7-3-1-4-8-16)21(17-9-5-2-6-10-17)29(22)23-25-15-26-28-23/h1-15H,(H,25,26,28). The molecule has 1 N–H and O–H groups in total. The maximum absolute atomic E-state index is 5.07. The summed E-state index contributed by atoms with van der Waals surface area (Å²) in [5, 5.41) is 7.07. The van der Waals surface area contributed by atoms with E-state index in [0.29, 0.717) is 5.95 Å². The highest BCUT2D eigenvalue weighted by Gasteiger charge is 2.23. The first-order valence-electron chi connectivity index (χ1n) is 9.16. The van der Waals surface area contributed by atoms with Crippen LogP contribution in [-0.2, 0) is 0 Å². The van der Waals surface area contributed by atoms with E-state index in [1.807, 2.05) is 65.2 Å². The summed E-state index contributed by atoms with van der Waals surface area (Å²) in [6, 6.07) is 28.6. The average Bonchev–Trinajstić information content (AvgIpc) is 3.43. The van der Waals surface area contributed by atoms with E-state index in [4.69, 9.17) is 4.98 Å². The summed E-state index contributed by atoms with van der Waals surface area (Å²) in [5.41, 5.74) is 4.95. The van der Waals surface area contributed by atoms with Crippen LogP contribution in [0.15, 0.2) is 95.7 Å². The van der Waals surface area contributed by atoms with E-state index in [-0.39, 0.29) is 0 Å². The molecule has 0 unspecified atom stereocenters. The summed E-state index contributed by atoms with van der Waals surface area (Å²) in [6.45, 7) is 0. The number of halogens is 1. The van der Waals surface area contributed by atoms with Crippen LogP contribution in [0.4, 0.5) is 0 Å². The van der Waals surface area contributed by atoms with Crippen molar-refractivity contribution in [1.29, 1.82) is 0 Å². The minimum atomic E-state index is 0.622. The van der Waals surface area contributed by atoms with Gasteiger partial charge in [0.1, 0.15) is 12.2 Å². The topological polar surface area (TPSA) is 59.4 Å². The Balaban J connectivity index is 1.87. The third kappa shape index (κ3) is 3.28. The quantitative estimate of drug-likeness (QED) is 0.385. The summed E-state index contributed by atoms with van der Waals surface area (Å²) < 4.78 is 3.05. The number of H-pyrrole nitrogens is 1. The van der Waals surface area contributed by atoms with Crippen molar-refractivity contribution in [2.45, 2.75) is 0 Å². The molecule has 3 aromatic carbocycles. The number of imidazole rings is 1. The van der Waals surface area contributed by atoms with E-state index in [1.165, 1.54) is 6.33 Å². The van der Waals surface area contributed by atoms with Gasteiger partial charge >= 0.3 is 0 Å². The van der Waals surface area contributed by atoms with Crippen molar-refractivity contribution in [2.24, 2.45) is 0 Å². The van der Waals surface area contributed by atoms with Crippen LogP contribution in [-0.4, -0.2) is 24.7 Å². The maximum Gasteiger partial charge on any atom is 0.231 e. The van der Waals surface area contributed by atoms with Crippen LogP contribution in [0.25, 0.3) is 39.9 Å². The maximum atomic E-state index is 5.07. The fraction of sp³-hybridized carbons (Fsp3) is 0. The molecular weight excluding hydrogens is 426 g/mol. The molecule has 29 heavy (non-hydrogen) atoms. The number of aromatic amines is 1. The number of aromatic nitrogens is 5. The monoisotopic (exact) mass is 441 g/mol. The number of hydrogen-bond acceptors (Lipinski definition) is 3. The highest BCUT2D eigenvalue weighted by atomic mass is 79.9. The molecule has 0 aliphatic rings. The summed E-state index contributed by atoms with van der Waals surface area (Å²) >= 11 is 3.51. The lowest BCUT2D eigenvalue weighted by Gasteiger charge is -2.10. The third-order valence-corrected chi connectivity index (χ3v) is 5.22. The van der Waals surface area contributed by atoms with Crippen LogP contribution in [0, 0.1) is 0 Å². The van der Waals surface area contributed by atoms with Gasteiger partial charge in [-0.1, -0.05) is 88.7 Å². The molecule has 5 rings (SSSR count). The zero-order chi connectivity index (χ0) is 19.6. The molecule has 140 valence electrons. The Kier molecular flexibility index (Phi) is 4.54. The van der Waals surface area contributed by atoms with E-state index in [1.54, 1.807) is 0 Å². The van der Waals surface area contributed by atoms with Crippen LogP contribution >= 0.6 is 15.9 Å². The van der Waals surface area contributed by atoms with Gasteiger partial charge in [-0.15, -0.1) is 0 Å². The fourth-order valence-corrected chi connectivity index (χ4v) is 3.65. The molecule has 0 saturated carbocycles. The molecule has 5 aromatic rings. The van der Waals surface area contributed by atoms with Crippen molar-refractivity contribution in [3.05, 3.63) is 95.7 Å². The van der Waals surface area contributed by atoms with E-state index < -0.39 is 0 Å². The Morgan fingerprint density at radius 3 is 2.00 bits per heavy atom. The van der Waals surface area contributed by atoms with Gasteiger partial charge in [-0.25, -0.2) is 10.1 Å². The number of benzene rings is 3. The van der Waals surface area contributed by atoms with Gasteiger partial charge in [0.2, 0.25) is 5.95 Å². The molecule has 2 heterocycles. The van der Waals surface area contributed by atoms with Gasteiger partial charge in [0.05, 0.1) is 11.4 Å². The lowest BCUT2D eigenvalue weighted by atomic mass is 10.0. The van der Waals surface area contributed by atoms with Gasteiger partial charge in [0, 0.05) is 21.2 Å². The third-order valence-electron chi connectivity index (χ3n) is 4.69. The first kappa shape index (κ1) is 17.6. The number of nitrogens with one attached hydrogen (secondary N) is 1. The van der Waals surface area contributed by atoms with Crippen LogP contribution in [0.1, 0.15) is 0 Å². The fourth-order valence-electron chi connectivity index (χ4n) is 3.39. The molecule has 0 aliphatic carbocycles. The second kappa shape index (κ2) is 7.48. The molecule has 0 saturated heterocycles. The molecule has 6 heteroatoms. The molecule has 0 bridgehead atoms. The van der Waals surface area contributed by atoms with Gasteiger partial charge in [-0.3, -0.25) is 4.57 Å². The van der Waals surface area contributed by atoms with E-state index >= 15 is 0 Å². The van der Waals surface area contributed by atoms with Gasteiger partial charge in [-0.2, -0.15) is 10.1 Å². The van der Waals surface area contributed by atoms with Crippen LogP contribution in [0.2, 0.25) is 0 Å². The minimum absolute atomic E-state index is 0.622. The Morgan fingerprint density at radius 2 is 1.38 bits per heavy atom. The summed E-state index contributed by atoms with van der Waals surface area (Å²) in [6.07, 6.45) is 1.51. The molecule has 0 fully saturated rings. The summed E-state index contributed by atoms with van der Waals surface area (Å²) in [7, 11) is 0. The van der Waals surface area contributed by atoms with Crippen molar-refractivity contribution in [2.75, 3.05) is 0 Å². The number of rotatable bonds is 4. The Hall–Kier alpha value is -3.51. The Labute approximate surface area is 176 Å². The molecule has 5 nitrogen and oxygen atoms in total. The van der Waals surface area contributed by atoms with E-state index in [9.17, 15) is 0 Å². The zero-order valence-corrected chi connectivity index (χ0v) is 16.9. The van der Waals surface area contributed by atoms with Gasteiger partial charge < -0.3 is 0 Å². The van der Waals surface area contributed by atoms with Crippen molar-refractivity contribution < 1.29 is 0 Å². The first-order valence-corrected chi connectivity index (χ1v) is 9.96. The number of hydrogen-bond donors (Lipinski definition) is 1. The van der Waals surface area contributed by atoms with Crippen LogP contribution in [0.3, 0.4) is 0 Å². The van der Waals surface area contributed by atoms with Crippen molar-refractivity contribution in [3.8, 4) is 39.9 Å². The number of nitrogens with zero attached hydrogens (tertiary/aromatic N) is 4. The first-order chi connectivity index (χ1) is 14.3. The summed E-state index contributed by atoms with van der Waals surface area (Å²) in [4.78, 5) is 9.50. The SMILES string of the molecule is Brc1ccc(-c2nc(-c3ccccc3)c(-c3ccccc3)n2-c2ncn[nH]2)cc1. The van der Waals surface area contributed by atoms with Crippen molar-refractivity contribution in [3.63, 3.8) is 0 Å².